The van der Waals surface area contributed by atoms with E-state index in [9.17, 15) is 0 Å². The van der Waals surface area contributed by atoms with E-state index in [1.807, 2.05) is 0 Å². The van der Waals surface area contributed by atoms with Gasteiger partial charge >= 0.3 is 0 Å². The molecule has 2 N–H and O–H groups in total. The quantitative estimate of drug-likeness (QED) is 0.834. The number of hydrogen-bond donors (Lipinski definition) is 2. The van der Waals surface area contributed by atoms with Gasteiger partial charge in [0.2, 0.25) is 0 Å². The zero-order valence-electron chi connectivity index (χ0n) is 11.7. The zero-order valence-corrected chi connectivity index (χ0v) is 11.7. The number of hydrogen-bond acceptors (Lipinski definition) is 2. The second-order valence-corrected chi connectivity index (χ2v) is 5.63. The molecule has 1 saturated heterocycles. The van der Waals surface area contributed by atoms with Gasteiger partial charge in [-0.05, 0) is 69.8 Å². The van der Waals surface area contributed by atoms with Crippen molar-refractivity contribution in [1.29, 1.82) is 0 Å². The minimum atomic E-state index is 0.570. The molecule has 0 aromatic heterocycles. The summed E-state index contributed by atoms with van der Waals surface area (Å²) in [4.78, 5) is 0. The van der Waals surface area contributed by atoms with Crippen LogP contribution in [0.1, 0.15) is 30.9 Å². The van der Waals surface area contributed by atoms with E-state index >= 15 is 0 Å². The smallest absolute Gasteiger partial charge is 0.00793 e. The van der Waals surface area contributed by atoms with E-state index in [1.165, 1.54) is 43.6 Å². The minimum absolute atomic E-state index is 0.570. The van der Waals surface area contributed by atoms with E-state index < -0.39 is 0 Å². The molecule has 1 aromatic carbocycles. The Balaban J connectivity index is 1.74. The predicted molar refractivity (Wildman–Crippen MR) is 77.9 cm³/mol. The van der Waals surface area contributed by atoms with Gasteiger partial charge in [-0.3, -0.25) is 0 Å². The molecule has 1 fully saturated rings. The molecule has 0 bridgehead atoms. The van der Waals surface area contributed by atoms with Crippen LogP contribution in [0.4, 0.5) is 0 Å². The van der Waals surface area contributed by atoms with Gasteiger partial charge in [0, 0.05) is 6.04 Å². The number of rotatable bonds is 5. The summed E-state index contributed by atoms with van der Waals surface area (Å²) in [6.45, 7) is 8.06. The van der Waals surface area contributed by atoms with Crippen LogP contribution in [0.3, 0.4) is 0 Å². The van der Waals surface area contributed by atoms with E-state index in [4.69, 9.17) is 0 Å². The summed E-state index contributed by atoms with van der Waals surface area (Å²) in [5, 5.41) is 7.12. The largest absolute Gasteiger partial charge is 0.317 e. The molecule has 100 valence electrons. The fraction of sp³-hybridized carbons (Fsp3) is 0.625. The molecule has 1 heterocycles. The lowest BCUT2D eigenvalue weighted by atomic mass is 9.97. The number of piperidine rings is 1. The number of benzene rings is 1. The molecule has 1 aliphatic heterocycles. The third-order valence-electron chi connectivity index (χ3n) is 4.00. The van der Waals surface area contributed by atoms with Gasteiger partial charge in [-0.25, -0.2) is 0 Å². The first kappa shape index (κ1) is 13.6. The van der Waals surface area contributed by atoms with Crippen molar-refractivity contribution in [1.82, 2.24) is 10.6 Å². The van der Waals surface area contributed by atoms with Gasteiger partial charge in [-0.2, -0.15) is 0 Å². The lowest BCUT2D eigenvalue weighted by molar-refractivity contribution is 0.343. The molecular formula is C16H26N2. The SMILES string of the molecule is Cc1ccccc1CC(C)NCC1CCNCC1. The van der Waals surface area contributed by atoms with Crippen LogP contribution in [0.5, 0.6) is 0 Å². The van der Waals surface area contributed by atoms with Crippen LogP contribution < -0.4 is 10.6 Å². The van der Waals surface area contributed by atoms with Gasteiger partial charge in [0.1, 0.15) is 0 Å². The first-order chi connectivity index (χ1) is 8.75. The van der Waals surface area contributed by atoms with Crippen molar-refractivity contribution in [2.24, 2.45) is 5.92 Å². The maximum absolute atomic E-state index is 3.70. The summed E-state index contributed by atoms with van der Waals surface area (Å²) in [5.41, 5.74) is 2.89. The van der Waals surface area contributed by atoms with Gasteiger partial charge in [0.15, 0.2) is 0 Å². The van der Waals surface area contributed by atoms with E-state index in [-0.39, 0.29) is 0 Å². The van der Waals surface area contributed by atoms with Crippen LogP contribution in [0, 0.1) is 12.8 Å². The highest BCUT2D eigenvalue weighted by Crippen LogP contribution is 2.12. The molecule has 18 heavy (non-hydrogen) atoms. The van der Waals surface area contributed by atoms with Gasteiger partial charge in [0.25, 0.3) is 0 Å². The Bertz CT molecular complexity index is 356. The van der Waals surface area contributed by atoms with Crippen molar-refractivity contribution >= 4 is 0 Å². The Morgan fingerprint density at radius 2 is 2.00 bits per heavy atom. The normalized spacial score (nSPS) is 18.8. The van der Waals surface area contributed by atoms with Gasteiger partial charge in [-0.15, -0.1) is 0 Å². The number of aryl methyl sites for hydroxylation is 1. The Morgan fingerprint density at radius 3 is 2.72 bits per heavy atom. The zero-order chi connectivity index (χ0) is 12.8. The van der Waals surface area contributed by atoms with Crippen LogP contribution in [0.15, 0.2) is 24.3 Å². The van der Waals surface area contributed by atoms with E-state index in [0.717, 1.165) is 12.3 Å². The Hall–Kier alpha value is -0.860. The highest BCUT2D eigenvalue weighted by Gasteiger charge is 2.14. The molecular weight excluding hydrogens is 220 g/mol. The molecule has 0 aliphatic carbocycles. The van der Waals surface area contributed by atoms with Crippen molar-refractivity contribution in [2.75, 3.05) is 19.6 Å². The summed E-state index contributed by atoms with van der Waals surface area (Å²) in [6.07, 6.45) is 3.78. The van der Waals surface area contributed by atoms with Crippen molar-refractivity contribution in [2.45, 2.75) is 39.2 Å². The average Bonchev–Trinajstić information content (AvgIpc) is 2.40. The maximum Gasteiger partial charge on any atom is 0.00793 e. The molecule has 0 amide bonds. The highest BCUT2D eigenvalue weighted by atomic mass is 14.9. The molecule has 1 atom stereocenters. The van der Waals surface area contributed by atoms with Crippen LogP contribution in [0.25, 0.3) is 0 Å². The van der Waals surface area contributed by atoms with E-state index in [0.29, 0.717) is 6.04 Å². The average molecular weight is 246 g/mol. The molecule has 2 nitrogen and oxygen atoms in total. The Morgan fingerprint density at radius 1 is 1.28 bits per heavy atom. The van der Waals surface area contributed by atoms with Crippen LogP contribution in [0.2, 0.25) is 0 Å². The fourth-order valence-electron chi connectivity index (χ4n) is 2.69. The summed E-state index contributed by atoms with van der Waals surface area (Å²) < 4.78 is 0. The van der Waals surface area contributed by atoms with Crippen molar-refractivity contribution in [3.8, 4) is 0 Å². The molecule has 0 spiro atoms. The minimum Gasteiger partial charge on any atom is -0.317 e. The second kappa shape index (κ2) is 6.91. The molecule has 0 saturated carbocycles. The third kappa shape index (κ3) is 4.11. The molecule has 2 heteroatoms. The first-order valence-corrected chi connectivity index (χ1v) is 7.24. The Labute approximate surface area is 111 Å². The lowest BCUT2D eigenvalue weighted by Crippen LogP contribution is -2.37. The first-order valence-electron chi connectivity index (χ1n) is 7.24. The summed E-state index contributed by atoms with van der Waals surface area (Å²) >= 11 is 0. The summed E-state index contributed by atoms with van der Waals surface area (Å²) in [7, 11) is 0. The highest BCUT2D eigenvalue weighted by molar-refractivity contribution is 5.26. The third-order valence-corrected chi connectivity index (χ3v) is 4.00. The van der Waals surface area contributed by atoms with Gasteiger partial charge in [-0.1, -0.05) is 24.3 Å². The van der Waals surface area contributed by atoms with Crippen LogP contribution in [-0.4, -0.2) is 25.7 Å². The van der Waals surface area contributed by atoms with Crippen molar-refractivity contribution in [3.63, 3.8) is 0 Å². The standard InChI is InChI=1S/C16H26N2/c1-13-5-3-4-6-16(13)11-14(2)18-12-15-7-9-17-10-8-15/h3-6,14-15,17-18H,7-12H2,1-2H3. The van der Waals surface area contributed by atoms with Crippen molar-refractivity contribution < 1.29 is 0 Å². The van der Waals surface area contributed by atoms with Gasteiger partial charge < -0.3 is 10.6 Å². The van der Waals surface area contributed by atoms with E-state index in [2.05, 4.69) is 48.7 Å². The summed E-state index contributed by atoms with van der Waals surface area (Å²) in [5.74, 6) is 0.866. The molecule has 0 radical (unpaired) electrons. The van der Waals surface area contributed by atoms with Crippen LogP contribution >= 0.6 is 0 Å². The molecule has 2 rings (SSSR count). The molecule has 1 unspecified atom stereocenters. The number of nitrogens with one attached hydrogen (secondary N) is 2. The monoisotopic (exact) mass is 246 g/mol. The van der Waals surface area contributed by atoms with Crippen LogP contribution in [-0.2, 0) is 6.42 Å². The topological polar surface area (TPSA) is 24.1 Å². The fourth-order valence-corrected chi connectivity index (χ4v) is 2.69. The molecule has 1 aromatic rings. The predicted octanol–water partition coefficient (Wildman–Crippen LogP) is 2.52. The van der Waals surface area contributed by atoms with Gasteiger partial charge in [0.05, 0.1) is 0 Å². The Kier molecular flexibility index (Phi) is 5.21. The maximum atomic E-state index is 3.70. The van der Waals surface area contributed by atoms with Crippen molar-refractivity contribution in [3.05, 3.63) is 35.4 Å². The van der Waals surface area contributed by atoms with E-state index in [1.54, 1.807) is 0 Å². The summed E-state index contributed by atoms with van der Waals surface area (Å²) in [6, 6.07) is 9.28. The second-order valence-electron chi connectivity index (χ2n) is 5.63. The lowest BCUT2D eigenvalue weighted by Gasteiger charge is -2.25. The molecule has 1 aliphatic rings.